The first-order valence-electron chi connectivity index (χ1n) is 7.31. The van der Waals surface area contributed by atoms with Crippen molar-refractivity contribution in [1.82, 2.24) is 9.55 Å². The standard InChI is InChI=1S/C17H11ClF2N4O2/c18-10-2-1-3-11(8-10)22-17(26)23-15-16(25)24(7-6-21-15)12-4-5-13(19)14(20)9-12/h1-9H,(H2,21,22,23,26). The molecule has 2 amide bonds. The Morgan fingerprint density at radius 1 is 1.08 bits per heavy atom. The number of urea groups is 1. The van der Waals surface area contributed by atoms with Gasteiger partial charge in [0, 0.05) is 29.2 Å². The van der Waals surface area contributed by atoms with Gasteiger partial charge in [-0.15, -0.1) is 0 Å². The Morgan fingerprint density at radius 3 is 2.62 bits per heavy atom. The van der Waals surface area contributed by atoms with Crippen molar-refractivity contribution in [3.63, 3.8) is 0 Å². The fourth-order valence-corrected chi connectivity index (χ4v) is 2.36. The third kappa shape index (κ3) is 3.86. The van der Waals surface area contributed by atoms with Crippen LogP contribution < -0.4 is 16.2 Å². The van der Waals surface area contributed by atoms with Gasteiger partial charge in [-0.1, -0.05) is 17.7 Å². The maximum absolute atomic E-state index is 13.4. The number of halogens is 3. The van der Waals surface area contributed by atoms with Gasteiger partial charge in [-0.05, 0) is 30.3 Å². The molecule has 2 N–H and O–H groups in total. The zero-order valence-electron chi connectivity index (χ0n) is 13.0. The molecule has 0 radical (unpaired) electrons. The zero-order chi connectivity index (χ0) is 18.7. The summed E-state index contributed by atoms with van der Waals surface area (Å²) < 4.78 is 27.5. The molecular formula is C17H11ClF2N4O2. The van der Waals surface area contributed by atoms with E-state index in [9.17, 15) is 18.4 Å². The van der Waals surface area contributed by atoms with E-state index < -0.39 is 23.2 Å². The summed E-state index contributed by atoms with van der Waals surface area (Å²) in [6.45, 7) is 0. The highest BCUT2D eigenvalue weighted by Crippen LogP contribution is 2.15. The van der Waals surface area contributed by atoms with Gasteiger partial charge >= 0.3 is 6.03 Å². The molecule has 0 saturated carbocycles. The maximum atomic E-state index is 13.4. The lowest BCUT2D eigenvalue weighted by Gasteiger charge is -2.10. The molecule has 0 aliphatic rings. The number of aromatic nitrogens is 2. The lowest BCUT2D eigenvalue weighted by molar-refractivity contribution is 0.262. The van der Waals surface area contributed by atoms with E-state index in [1.807, 2.05) is 0 Å². The van der Waals surface area contributed by atoms with Gasteiger partial charge in [-0.3, -0.25) is 14.7 Å². The molecule has 0 bridgehead atoms. The number of benzene rings is 2. The van der Waals surface area contributed by atoms with Crippen molar-refractivity contribution in [3.8, 4) is 5.69 Å². The summed E-state index contributed by atoms with van der Waals surface area (Å²) in [7, 11) is 0. The number of hydrogen-bond acceptors (Lipinski definition) is 3. The van der Waals surface area contributed by atoms with Gasteiger partial charge in [0.2, 0.25) is 5.82 Å². The second-order valence-corrected chi connectivity index (χ2v) is 5.58. The first-order valence-corrected chi connectivity index (χ1v) is 7.68. The van der Waals surface area contributed by atoms with Crippen molar-refractivity contribution < 1.29 is 13.6 Å². The van der Waals surface area contributed by atoms with Crippen molar-refractivity contribution >= 4 is 29.1 Å². The van der Waals surface area contributed by atoms with E-state index in [-0.39, 0.29) is 11.5 Å². The quantitative estimate of drug-likeness (QED) is 0.729. The molecule has 132 valence electrons. The van der Waals surface area contributed by atoms with Crippen molar-refractivity contribution in [2.45, 2.75) is 0 Å². The SMILES string of the molecule is O=C(Nc1cccc(Cl)c1)Nc1nccn(-c2ccc(F)c(F)c2)c1=O. The lowest BCUT2D eigenvalue weighted by atomic mass is 10.3. The number of carbonyl (C=O) groups excluding carboxylic acids is 1. The minimum atomic E-state index is -1.10. The van der Waals surface area contributed by atoms with Crippen LogP contribution in [0.25, 0.3) is 5.69 Å². The van der Waals surface area contributed by atoms with Gasteiger partial charge in [-0.2, -0.15) is 0 Å². The summed E-state index contributed by atoms with van der Waals surface area (Å²) in [5, 5.41) is 5.24. The predicted molar refractivity (Wildman–Crippen MR) is 93.8 cm³/mol. The Morgan fingerprint density at radius 2 is 1.88 bits per heavy atom. The van der Waals surface area contributed by atoms with Gasteiger partial charge in [0.15, 0.2) is 11.6 Å². The molecule has 0 atom stereocenters. The number of anilines is 2. The topological polar surface area (TPSA) is 76.0 Å². The lowest BCUT2D eigenvalue weighted by Crippen LogP contribution is -2.28. The van der Waals surface area contributed by atoms with Crippen LogP contribution in [0.1, 0.15) is 0 Å². The van der Waals surface area contributed by atoms with Crippen molar-refractivity contribution in [3.05, 3.63) is 81.9 Å². The van der Waals surface area contributed by atoms with Gasteiger partial charge in [0.25, 0.3) is 5.56 Å². The van der Waals surface area contributed by atoms with Crippen LogP contribution in [0.3, 0.4) is 0 Å². The Hall–Kier alpha value is -3.26. The summed E-state index contributed by atoms with van der Waals surface area (Å²) in [5.41, 5.74) is -0.193. The molecule has 0 unspecified atom stereocenters. The monoisotopic (exact) mass is 376 g/mol. The highest BCUT2D eigenvalue weighted by Gasteiger charge is 2.12. The second kappa shape index (κ2) is 7.32. The fraction of sp³-hybridized carbons (Fsp3) is 0. The Bertz CT molecular complexity index is 1040. The molecule has 0 fully saturated rings. The summed E-state index contributed by atoms with van der Waals surface area (Å²) in [6, 6.07) is 8.72. The van der Waals surface area contributed by atoms with Crippen LogP contribution in [0, 0.1) is 11.6 Å². The number of hydrogen-bond donors (Lipinski definition) is 2. The van der Waals surface area contributed by atoms with E-state index in [1.165, 1.54) is 24.5 Å². The molecule has 0 aliphatic carbocycles. The summed E-state index contributed by atoms with van der Waals surface area (Å²) in [5.74, 6) is -2.41. The van der Waals surface area contributed by atoms with Crippen LogP contribution in [0.5, 0.6) is 0 Å². The molecule has 0 saturated heterocycles. The largest absolute Gasteiger partial charge is 0.325 e. The molecule has 3 aromatic rings. The molecule has 26 heavy (non-hydrogen) atoms. The summed E-state index contributed by atoms with van der Waals surface area (Å²) in [6.07, 6.45) is 2.52. The van der Waals surface area contributed by atoms with Gasteiger partial charge in [-0.25, -0.2) is 18.6 Å². The van der Waals surface area contributed by atoms with E-state index in [2.05, 4.69) is 15.6 Å². The Labute approximate surface area is 151 Å². The molecule has 6 nitrogen and oxygen atoms in total. The number of nitrogens with one attached hydrogen (secondary N) is 2. The first kappa shape index (κ1) is 17.6. The second-order valence-electron chi connectivity index (χ2n) is 5.14. The van der Waals surface area contributed by atoms with E-state index in [0.29, 0.717) is 10.7 Å². The first-order chi connectivity index (χ1) is 12.4. The highest BCUT2D eigenvalue weighted by molar-refractivity contribution is 6.30. The molecule has 3 rings (SSSR count). The highest BCUT2D eigenvalue weighted by atomic mass is 35.5. The molecule has 1 heterocycles. The minimum Gasteiger partial charge on any atom is -0.308 e. The van der Waals surface area contributed by atoms with Crippen molar-refractivity contribution in [2.75, 3.05) is 10.6 Å². The number of carbonyl (C=O) groups is 1. The van der Waals surface area contributed by atoms with E-state index in [1.54, 1.807) is 18.2 Å². The van der Waals surface area contributed by atoms with Gasteiger partial charge < -0.3 is 5.32 Å². The Kier molecular flexibility index (Phi) is 4.94. The zero-order valence-corrected chi connectivity index (χ0v) is 13.8. The molecule has 9 heteroatoms. The van der Waals surface area contributed by atoms with Gasteiger partial charge in [0.05, 0.1) is 5.69 Å². The minimum absolute atomic E-state index is 0.0922. The predicted octanol–water partition coefficient (Wildman–Crippen LogP) is 3.81. The van der Waals surface area contributed by atoms with Crippen LogP contribution in [-0.2, 0) is 0 Å². The number of rotatable bonds is 3. The average Bonchev–Trinajstić information content (AvgIpc) is 2.59. The number of nitrogens with zero attached hydrogens (tertiary/aromatic N) is 2. The fourth-order valence-electron chi connectivity index (χ4n) is 2.17. The van der Waals surface area contributed by atoms with Crippen molar-refractivity contribution in [1.29, 1.82) is 0 Å². The molecule has 0 spiro atoms. The van der Waals surface area contributed by atoms with E-state index >= 15 is 0 Å². The van der Waals surface area contributed by atoms with E-state index in [4.69, 9.17) is 11.6 Å². The van der Waals surface area contributed by atoms with Crippen LogP contribution in [-0.4, -0.2) is 15.6 Å². The Balaban J connectivity index is 1.84. The van der Waals surface area contributed by atoms with Crippen LogP contribution >= 0.6 is 11.6 Å². The van der Waals surface area contributed by atoms with Crippen LogP contribution in [0.4, 0.5) is 25.1 Å². The van der Waals surface area contributed by atoms with Crippen molar-refractivity contribution in [2.24, 2.45) is 0 Å². The normalized spacial score (nSPS) is 10.4. The van der Waals surface area contributed by atoms with Crippen LogP contribution in [0.15, 0.2) is 59.7 Å². The van der Waals surface area contributed by atoms with Gasteiger partial charge in [0.1, 0.15) is 0 Å². The summed E-state index contributed by atoms with van der Waals surface area (Å²) in [4.78, 5) is 28.3. The third-order valence-corrected chi connectivity index (χ3v) is 3.57. The maximum Gasteiger partial charge on any atom is 0.325 e. The molecule has 0 aliphatic heterocycles. The van der Waals surface area contributed by atoms with Crippen LogP contribution in [0.2, 0.25) is 5.02 Å². The smallest absolute Gasteiger partial charge is 0.308 e. The summed E-state index contributed by atoms with van der Waals surface area (Å²) >= 11 is 5.83. The third-order valence-electron chi connectivity index (χ3n) is 3.34. The average molecular weight is 377 g/mol. The van der Waals surface area contributed by atoms with E-state index in [0.717, 1.165) is 16.7 Å². The molecule has 1 aromatic heterocycles. The molecular weight excluding hydrogens is 366 g/mol. The molecule has 2 aromatic carbocycles. The number of amides is 2.